The summed E-state index contributed by atoms with van der Waals surface area (Å²) in [6.45, 7) is 12.0. The number of hydrogen-bond donors (Lipinski definition) is 0. The summed E-state index contributed by atoms with van der Waals surface area (Å²) in [4.78, 5) is 12.4. The van der Waals surface area contributed by atoms with Crippen molar-refractivity contribution < 1.29 is 9.47 Å². The third kappa shape index (κ3) is 2.38. The lowest BCUT2D eigenvalue weighted by atomic mass is 9.78. The Kier molecular flexibility index (Phi) is 3.23. The van der Waals surface area contributed by atoms with E-state index >= 15 is 0 Å². The van der Waals surface area contributed by atoms with Gasteiger partial charge in [-0.25, -0.2) is 9.97 Å². The number of ether oxygens (including phenoxy) is 2. The molecule has 5 heterocycles. The lowest BCUT2D eigenvalue weighted by molar-refractivity contribution is -0.127. The van der Waals surface area contributed by atoms with E-state index in [1.165, 1.54) is 0 Å². The van der Waals surface area contributed by atoms with Gasteiger partial charge in [-0.15, -0.1) is 0 Å². The first-order valence-electron chi connectivity index (χ1n) is 9.25. The Morgan fingerprint density at radius 3 is 2.56 bits per heavy atom. The molecule has 0 saturated carbocycles. The van der Waals surface area contributed by atoms with Crippen LogP contribution in [0.15, 0.2) is 12.3 Å². The third-order valence-electron chi connectivity index (χ3n) is 5.69. The van der Waals surface area contributed by atoms with E-state index in [1.807, 2.05) is 0 Å². The molecule has 3 fully saturated rings. The molecule has 0 radical (unpaired) electrons. The van der Waals surface area contributed by atoms with E-state index in [0.717, 1.165) is 68.6 Å². The van der Waals surface area contributed by atoms with Crippen molar-refractivity contribution in [1.82, 2.24) is 14.5 Å². The molecule has 0 N–H and O–H groups in total. The molecule has 6 nitrogen and oxygen atoms in total. The molecule has 134 valence electrons. The molecule has 3 aliphatic heterocycles. The summed E-state index contributed by atoms with van der Waals surface area (Å²) in [7, 11) is 0. The van der Waals surface area contributed by atoms with E-state index in [0.29, 0.717) is 11.5 Å². The Hall–Kier alpha value is -1.66. The second-order valence-corrected chi connectivity index (χ2v) is 8.95. The predicted octanol–water partition coefficient (Wildman–Crippen LogP) is 2.53. The largest absolute Gasteiger partial charge is 0.380 e. The van der Waals surface area contributed by atoms with Crippen molar-refractivity contribution in [2.45, 2.75) is 38.6 Å². The van der Waals surface area contributed by atoms with Crippen LogP contribution in [0.4, 0.5) is 5.82 Å². The van der Waals surface area contributed by atoms with E-state index in [9.17, 15) is 0 Å². The van der Waals surface area contributed by atoms with E-state index in [2.05, 4.69) is 42.5 Å². The highest BCUT2D eigenvalue weighted by Crippen LogP contribution is 2.42. The van der Waals surface area contributed by atoms with Crippen molar-refractivity contribution in [1.29, 1.82) is 0 Å². The second kappa shape index (κ2) is 5.17. The number of rotatable bonds is 2. The first-order chi connectivity index (χ1) is 12.0. The standard InChI is InChI=1S/C19H26N4O2/c1-18(2,3)17-20-15(22-9-19(10-22)11-25-12-19)14-4-6-23(16(14)21-17)13-5-7-24-8-13/h4,6,13H,5,7-12H2,1-3H3/t13-/m0/s1. The van der Waals surface area contributed by atoms with Crippen LogP contribution >= 0.6 is 0 Å². The molecule has 5 rings (SSSR count). The summed E-state index contributed by atoms with van der Waals surface area (Å²) in [6.07, 6.45) is 3.22. The molecule has 3 aliphatic rings. The maximum absolute atomic E-state index is 5.60. The zero-order chi connectivity index (χ0) is 17.2. The van der Waals surface area contributed by atoms with Crippen LogP contribution in [0.3, 0.4) is 0 Å². The minimum atomic E-state index is -0.0770. The molecular formula is C19H26N4O2. The van der Waals surface area contributed by atoms with Gasteiger partial charge in [-0.2, -0.15) is 0 Å². The summed E-state index contributed by atoms with van der Waals surface area (Å²) in [5, 5.41) is 1.16. The van der Waals surface area contributed by atoms with Crippen LogP contribution in [-0.4, -0.2) is 54.1 Å². The van der Waals surface area contributed by atoms with Crippen molar-refractivity contribution in [3.63, 3.8) is 0 Å². The Balaban J connectivity index is 1.60. The van der Waals surface area contributed by atoms with Gasteiger partial charge in [-0.3, -0.25) is 0 Å². The highest BCUT2D eigenvalue weighted by atomic mass is 16.5. The zero-order valence-corrected chi connectivity index (χ0v) is 15.3. The summed E-state index contributed by atoms with van der Waals surface area (Å²) >= 11 is 0. The van der Waals surface area contributed by atoms with Gasteiger partial charge in [-0.1, -0.05) is 20.8 Å². The molecule has 1 spiro atoms. The highest BCUT2D eigenvalue weighted by molar-refractivity contribution is 5.89. The first-order valence-corrected chi connectivity index (χ1v) is 9.25. The van der Waals surface area contributed by atoms with E-state index in [1.54, 1.807) is 0 Å². The predicted molar refractivity (Wildman–Crippen MR) is 96.2 cm³/mol. The summed E-state index contributed by atoms with van der Waals surface area (Å²) in [5.41, 5.74) is 1.35. The Labute approximate surface area is 148 Å². The number of nitrogens with zero attached hydrogens (tertiary/aromatic N) is 4. The molecule has 0 unspecified atom stereocenters. The number of aromatic nitrogens is 3. The van der Waals surface area contributed by atoms with Crippen molar-refractivity contribution in [3.05, 3.63) is 18.1 Å². The van der Waals surface area contributed by atoms with Gasteiger partial charge in [0, 0.05) is 31.3 Å². The maximum Gasteiger partial charge on any atom is 0.146 e. The topological polar surface area (TPSA) is 52.4 Å². The third-order valence-corrected chi connectivity index (χ3v) is 5.69. The van der Waals surface area contributed by atoms with Crippen molar-refractivity contribution in [2.24, 2.45) is 5.41 Å². The lowest BCUT2D eigenvalue weighted by Crippen LogP contribution is -2.66. The summed E-state index contributed by atoms with van der Waals surface area (Å²) < 4.78 is 13.3. The van der Waals surface area contributed by atoms with Gasteiger partial charge in [-0.05, 0) is 12.5 Å². The summed E-state index contributed by atoms with van der Waals surface area (Å²) in [6, 6.07) is 2.56. The number of anilines is 1. The molecule has 0 bridgehead atoms. The zero-order valence-electron chi connectivity index (χ0n) is 15.3. The first kappa shape index (κ1) is 15.6. The maximum atomic E-state index is 5.60. The van der Waals surface area contributed by atoms with Crippen molar-refractivity contribution in [3.8, 4) is 0 Å². The lowest BCUT2D eigenvalue weighted by Gasteiger charge is -2.55. The highest BCUT2D eigenvalue weighted by Gasteiger charge is 2.50. The molecule has 6 heteroatoms. The van der Waals surface area contributed by atoms with E-state index in [4.69, 9.17) is 19.4 Å². The molecule has 1 atom stereocenters. The van der Waals surface area contributed by atoms with Gasteiger partial charge in [0.05, 0.1) is 36.7 Å². The molecular weight excluding hydrogens is 316 g/mol. The van der Waals surface area contributed by atoms with Crippen LogP contribution in [0, 0.1) is 5.41 Å². The van der Waals surface area contributed by atoms with Gasteiger partial charge >= 0.3 is 0 Å². The molecule has 0 aromatic carbocycles. The average Bonchev–Trinajstić information content (AvgIpc) is 3.11. The molecule has 0 amide bonds. The Morgan fingerprint density at radius 2 is 1.96 bits per heavy atom. The van der Waals surface area contributed by atoms with Crippen LogP contribution < -0.4 is 4.90 Å². The van der Waals surface area contributed by atoms with E-state index < -0.39 is 0 Å². The summed E-state index contributed by atoms with van der Waals surface area (Å²) in [5.74, 6) is 2.00. The average molecular weight is 342 g/mol. The smallest absolute Gasteiger partial charge is 0.146 e. The Bertz CT molecular complexity index is 805. The molecule has 2 aromatic heterocycles. The van der Waals surface area contributed by atoms with E-state index in [-0.39, 0.29) is 5.41 Å². The van der Waals surface area contributed by atoms with Crippen molar-refractivity contribution in [2.75, 3.05) is 44.4 Å². The fourth-order valence-corrected chi connectivity index (χ4v) is 4.12. The van der Waals surface area contributed by atoms with Gasteiger partial charge in [0.2, 0.25) is 0 Å². The van der Waals surface area contributed by atoms with Crippen molar-refractivity contribution >= 4 is 16.9 Å². The fraction of sp³-hybridized carbons (Fsp3) is 0.684. The van der Waals surface area contributed by atoms with Gasteiger partial charge < -0.3 is 18.9 Å². The SMILES string of the molecule is CC(C)(C)c1nc(N2CC3(COC3)C2)c2ccn([C@H]3CCOC3)c2n1. The van der Waals surface area contributed by atoms with Crippen LogP contribution in [0.1, 0.15) is 39.1 Å². The van der Waals surface area contributed by atoms with Gasteiger partial charge in [0.25, 0.3) is 0 Å². The molecule has 25 heavy (non-hydrogen) atoms. The monoisotopic (exact) mass is 342 g/mol. The minimum absolute atomic E-state index is 0.0770. The number of fused-ring (bicyclic) bond motifs is 1. The van der Waals surface area contributed by atoms with Crippen LogP contribution in [0.25, 0.3) is 11.0 Å². The minimum Gasteiger partial charge on any atom is -0.380 e. The van der Waals surface area contributed by atoms with Crippen LogP contribution in [0.5, 0.6) is 0 Å². The second-order valence-electron chi connectivity index (χ2n) is 8.95. The number of hydrogen-bond acceptors (Lipinski definition) is 5. The van der Waals surface area contributed by atoms with Crippen LogP contribution in [-0.2, 0) is 14.9 Å². The fourth-order valence-electron chi connectivity index (χ4n) is 4.12. The normalized spacial score (nSPS) is 25.4. The van der Waals surface area contributed by atoms with Gasteiger partial charge in [0.1, 0.15) is 17.3 Å². The van der Waals surface area contributed by atoms with Gasteiger partial charge in [0.15, 0.2) is 0 Å². The molecule has 0 aliphatic carbocycles. The van der Waals surface area contributed by atoms with Crippen LogP contribution in [0.2, 0.25) is 0 Å². The Morgan fingerprint density at radius 1 is 1.16 bits per heavy atom. The molecule has 3 saturated heterocycles. The quantitative estimate of drug-likeness (QED) is 0.839. The molecule has 2 aromatic rings.